The maximum atomic E-state index is 12.2. The molecule has 136 valence electrons. The van der Waals surface area contributed by atoms with Gasteiger partial charge in [0, 0.05) is 17.6 Å². The molecular formula is C20H23N3O3. The van der Waals surface area contributed by atoms with Gasteiger partial charge in [-0.2, -0.15) is 0 Å². The van der Waals surface area contributed by atoms with Crippen molar-refractivity contribution < 1.29 is 13.9 Å². The predicted octanol–water partition coefficient (Wildman–Crippen LogP) is 3.76. The van der Waals surface area contributed by atoms with Gasteiger partial charge < -0.3 is 20.2 Å². The molecule has 0 aliphatic carbocycles. The van der Waals surface area contributed by atoms with Crippen LogP contribution in [-0.4, -0.2) is 17.5 Å². The Labute approximate surface area is 152 Å². The molecule has 2 heterocycles. The number of nitrogen functional groups attached to an aromatic ring is 1. The summed E-state index contributed by atoms with van der Waals surface area (Å²) in [5, 5.41) is 3.76. The smallest absolute Gasteiger partial charge is 0.255 e. The monoisotopic (exact) mass is 353 g/mol. The van der Waals surface area contributed by atoms with Crippen molar-refractivity contribution in [3.05, 3.63) is 53.9 Å². The number of hydrogen-bond donors (Lipinski definition) is 2. The minimum atomic E-state index is -0.284. The molecule has 3 N–H and O–H groups in total. The summed E-state index contributed by atoms with van der Waals surface area (Å²) in [6.45, 7) is 5.24. The first-order valence-corrected chi connectivity index (χ1v) is 8.70. The molecule has 0 spiro atoms. The molecule has 6 nitrogen and oxygen atoms in total. The van der Waals surface area contributed by atoms with E-state index in [0.29, 0.717) is 23.8 Å². The summed E-state index contributed by atoms with van der Waals surface area (Å²) < 4.78 is 11.6. The van der Waals surface area contributed by atoms with Crippen molar-refractivity contribution in [2.75, 3.05) is 12.3 Å². The molecule has 0 fully saturated rings. The van der Waals surface area contributed by atoms with Crippen LogP contribution < -0.4 is 15.8 Å². The molecule has 6 heteroatoms. The van der Waals surface area contributed by atoms with Crippen LogP contribution in [0.25, 0.3) is 11.0 Å². The number of aromatic nitrogens is 1. The van der Waals surface area contributed by atoms with Gasteiger partial charge in [0.2, 0.25) is 0 Å². The molecule has 2 aromatic heterocycles. The Balaban J connectivity index is 1.65. The zero-order valence-corrected chi connectivity index (χ0v) is 15.0. The number of carbonyl (C=O) groups excluding carboxylic acids is 1. The van der Waals surface area contributed by atoms with Gasteiger partial charge in [-0.1, -0.05) is 20.3 Å². The first kappa shape index (κ1) is 17.8. The number of benzene rings is 1. The lowest BCUT2D eigenvalue weighted by atomic mass is 10.1. The number of nitrogens with two attached hydrogens (primary N) is 1. The summed E-state index contributed by atoms with van der Waals surface area (Å²) in [4.78, 5) is 16.1. The maximum absolute atomic E-state index is 12.2. The Morgan fingerprint density at radius 1 is 1.35 bits per heavy atom. The summed E-state index contributed by atoms with van der Waals surface area (Å²) >= 11 is 0. The number of hydrogen-bond acceptors (Lipinski definition) is 5. The Morgan fingerprint density at radius 2 is 2.19 bits per heavy atom. The molecule has 1 amide bonds. The maximum Gasteiger partial charge on any atom is 0.255 e. The fourth-order valence-corrected chi connectivity index (χ4v) is 2.47. The van der Waals surface area contributed by atoms with Crippen molar-refractivity contribution in [1.29, 1.82) is 0 Å². The summed E-state index contributed by atoms with van der Waals surface area (Å²) in [7, 11) is 0. The highest BCUT2D eigenvalue weighted by Gasteiger charge is 2.11. The van der Waals surface area contributed by atoms with E-state index in [1.807, 2.05) is 24.3 Å². The Bertz CT molecular complexity index is 904. The van der Waals surface area contributed by atoms with Crippen molar-refractivity contribution in [3.8, 4) is 5.75 Å². The minimum Gasteiger partial charge on any atom is -0.493 e. The summed E-state index contributed by atoms with van der Waals surface area (Å²) in [6.07, 6.45) is 2.63. The summed E-state index contributed by atoms with van der Waals surface area (Å²) in [6, 6.07) is 11.0. The van der Waals surface area contributed by atoms with Crippen molar-refractivity contribution in [2.24, 2.45) is 5.92 Å². The van der Waals surface area contributed by atoms with Gasteiger partial charge in [0.05, 0.1) is 18.7 Å². The fraction of sp³-hybridized carbons (Fsp3) is 0.300. The molecule has 0 radical (unpaired) electrons. The first-order chi connectivity index (χ1) is 12.6. The molecule has 0 aliphatic heterocycles. The van der Waals surface area contributed by atoms with Gasteiger partial charge in [-0.25, -0.2) is 4.98 Å². The van der Waals surface area contributed by atoms with Gasteiger partial charge in [-0.3, -0.25) is 4.79 Å². The van der Waals surface area contributed by atoms with Crippen molar-refractivity contribution in [3.63, 3.8) is 0 Å². The molecule has 1 atom stereocenters. The average molecular weight is 353 g/mol. The van der Waals surface area contributed by atoms with Crippen LogP contribution in [0.5, 0.6) is 5.75 Å². The van der Waals surface area contributed by atoms with Gasteiger partial charge in [-0.05, 0) is 36.2 Å². The van der Waals surface area contributed by atoms with E-state index in [2.05, 4.69) is 24.1 Å². The number of ether oxygens (including phenoxy) is 1. The Morgan fingerprint density at radius 3 is 2.96 bits per heavy atom. The lowest BCUT2D eigenvalue weighted by Gasteiger charge is -2.10. The number of anilines is 1. The third-order valence-corrected chi connectivity index (χ3v) is 4.28. The molecule has 26 heavy (non-hydrogen) atoms. The molecule has 1 aromatic carbocycles. The lowest BCUT2D eigenvalue weighted by Crippen LogP contribution is -2.23. The van der Waals surface area contributed by atoms with Gasteiger partial charge in [0.1, 0.15) is 22.9 Å². The number of fused-ring (bicyclic) bond motifs is 1. The van der Waals surface area contributed by atoms with Crippen LogP contribution in [0.15, 0.2) is 47.0 Å². The molecule has 3 aromatic rings. The number of amides is 1. The second kappa shape index (κ2) is 7.91. The highest BCUT2D eigenvalue weighted by molar-refractivity contribution is 5.98. The molecular weight excluding hydrogens is 330 g/mol. The van der Waals surface area contributed by atoms with E-state index in [-0.39, 0.29) is 18.3 Å². The van der Waals surface area contributed by atoms with E-state index in [1.54, 1.807) is 18.3 Å². The minimum absolute atomic E-state index is 0.206. The number of furan rings is 1. The standard InChI is InChI=1S/C20H23N3O3/c1-3-13(2)12-25-15-7-6-14-9-16(26-18(14)10-15)11-23-20(24)17-5-4-8-22-19(17)21/h4-10,13H,3,11-12H2,1-2H3,(H2,21,22)(H,23,24). The van der Waals surface area contributed by atoms with Crippen LogP contribution in [-0.2, 0) is 6.54 Å². The van der Waals surface area contributed by atoms with E-state index >= 15 is 0 Å². The largest absolute Gasteiger partial charge is 0.493 e. The van der Waals surface area contributed by atoms with Crippen LogP contribution >= 0.6 is 0 Å². The van der Waals surface area contributed by atoms with Gasteiger partial charge >= 0.3 is 0 Å². The normalized spacial score (nSPS) is 12.1. The van der Waals surface area contributed by atoms with Gasteiger partial charge in [0.25, 0.3) is 5.91 Å². The van der Waals surface area contributed by atoms with E-state index in [9.17, 15) is 4.79 Å². The molecule has 3 rings (SSSR count). The average Bonchev–Trinajstić information content (AvgIpc) is 3.06. The molecule has 0 aliphatic rings. The van der Waals surface area contributed by atoms with Crippen LogP contribution in [0, 0.1) is 5.92 Å². The topological polar surface area (TPSA) is 90.4 Å². The SMILES string of the molecule is CCC(C)COc1ccc2cc(CNC(=O)c3cccnc3N)oc2c1. The number of rotatable bonds is 7. The van der Waals surface area contributed by atoms with Crippen molar-refractivity contribution >= 4 is 22.7 Å². The lowest BCUT2D eigenvalue weighted by molar-refractivity contribution is 0.0949. The number of carbonyl (C=O) groups is 1. The van der Waals surface area contributed by atoms with Gasteiger partial charge in [0.15, 0.2) is 0 Å². The van der Waals surface area contributed by atoms with Crippen LogP contribution in [0.3, 0.4) is 0 Å². The highest BCUT2D eigenvalue weighted by atomic mass is 16.5. The third-order valence-electron chi connectivity index (χ3n) is 4.28. The molecule has 1 unspecified atom stereocenters. The number of pyridine rings is 1. The predicted molar refractivity (Wildman–Crippen MR) is 101 cm³/mol. The van der Waals surface area contributed by atoms with E-state index in [0.717, 1.165) is 23.1 Å². The third kappa shape index (κ3) is 4.14. The van der Waals surface area contributed by atoms with Crippen molar-refractivity contribution in [2.45, 2.75) is 26.8 Å². The Kier molecular flexibility index (Phi) is 5.41. The molecule has 0 bridgehead atoms. The van der Waals surface area contributed by atoms with Crippen LogP contribution in [0.1, 0.15) is 36.4 Å². The second-order valence-electron chi connectivity index (χ2n) is 6.36. The second-order valence-corrected chi connectivity index (χ2v) is 6.36. The van der Waals surface area contributed by atoms with E-state index < -0.39 is 0 Å². The van der Waals surface area contributed by atoms with Gasteiger partial charge in [-0.15, -0.1) is 0 Å². The van der Waals surface area contributed by atoms with Crippen molar-refractivity contribution in [1.82, 2.24) is 10.3 Å². The van der Waals surface area contributed by atoms with E-state index in [1.165, 1.54) is 0 Å². The first-order valence-electron chi connectivity index (χ1n) is 8.70. The zero-order chi connectivity index (χ0) is 18.5. The van der Waals surface area contributed by atoms with Crippen LogP contribution in [0.2, 0.25) is 0 Å². The fourth-order valence-electron chi connectivity index (χ4n) is 2.47. The summed E-state index contributed by atoms with van der Waals surface area (Å²) in [5.41, 5.74) is 6.80. The van der Waals surface area contributed by atoms with Crippen LogP contribution in [0.4, 0.5) is 5.82 Å². The molecule has 0 saturated heterocycles. The number of nitrogens with zero attached hydrogens (tertiary/aromatic N) is 1. The summed E-state index contributed by atoms with van der Waals surface area (Å²) in [5.74, 6) is 1.88. The number of nitrogens with one attached hydrogen (secondary N) is 1. The van der Waals surface area contributed by atoms with E-state index in [4.69, 9.17) is 14.9 Å². The Hall–Kier alpha value is -3.02. The molecule has 0 saturated carbocycles. The quantitative estimate of drug-likeness (QED) is 0.675. The zero-order valence-electron chi connectivity index (χ0n) is 15.0. The highest BCUT2D eigenvalue weighted by Crippen LogP contribution is 2.25.